The van der Waals surface area contributed by atoms with Crippen LogP contribution in [-0.4, -0.2) is 51.6 Å². The summed E-state index contributed by atoms with van der Waals surface area (Å²) in [7, 11) is 0. The predicted octanol–water partition coefficient (Wildman–Crippen LogP) is 17.3. The smallest absolute Gasteiger partial charge is 0.158 e. The largest absolute Gasteiger partial charge is 0.353 e. The number of nitrogens with zero attached hydrogens (tertiary/aromatic N) is 2. The van der Waals surface area contributed by atoms with E-state index in [1.807, 2.05) is 0 Å². The fraction of sp³-hybridized carbons (Fsp3) is 0.343. The number of hydrogen-bond acceptors (Lipinski definition) is 10. The van der Waals surface area contributed by atoms with E-state index in [1.54, 1.807) is 0 Å². The second-order valence-corrected chi connectivity index (χ2v) is 21.6. The van der Waals surface area contributed by atoms with Crippen LogP contribution in [-0.2, 0) is 64.3 Å². The highest BCUT2D eigenvalue weighted by Crippen LogP contribution is 2.41. The van der Waals surface area contributed by atoms with Crippen molar-refractivity contribution in [2.75, 3.05) is 36.2 Å². The summed E-state index contributed by atoms with van der Waals surface area (Å²) in [4.78, 5) is 4.63. The van der Waals surface area contributed by atoms with Gasteiger partial charge in [0, 0.05) is 60.6 Å². The molecule has 0 aliphatic carbocycles. The Balaban J connectivity index is 0.795. The molecule has 12 rings (SSSR count). The maximum atomic E-state index is 6.15. The monoisotopic (exact) mass is 1070 g/mol. The third-order valence-corrected chi connectivity index (χ3v) is 15.9. The van der Waals surface area contributed by atoms with Crippen molar-refractivity contribution < 1.29 is 37.9 Å². The van der Waals surface area contributed by atoms with E-state index in [1.165, 1.54) is 21.9 Å². The first kappa shape index (κ1) is 53.9. The standard InChI is InChI=1S/C70H74N2O8/c1-2-12-66-64(56-27-39-62(40-28-56)72(59-33-21-53(22-34-59)49-79-69-15-5-9-45-75-69)60-35-23-54(24-36-60)50-80-70-16-6-10-46-76-70)42-41-63(65(66)11-1)55-25-37-61(38-26-55)71(57-29-17-51(18-30-57)47-77-67-13-3-7-43-73-67)58-31-19-52(20-32-58)48-78-68-14-4-8-44-74-68/h1-2,11-12,17-42,67-70H,3-10,13-16,43-50H2. The molecule has 80 heavy (non-hydrogen) atoms. The van der Waals surface area contributed by atoms with E-state index in [2.05, 4.69) is 192 Å². The van der Waals surface area contributed by atoms with Crippen LogP contribution in [0.1, 0.15) is 99.3 Å². The molecule has 10 nitrogen and oxygen atoms in total. The molecule has 0 radical (unpaired) electrons. The first-order valence-electron chi connectivity index (χ1n) is 29.3. The topological polar surface area (TPSA) is 80.3 Å². The number of rotatable bonds is 20. The fourth-order valence-corrected chi connectivity index (χ4v) is 11.4. The van der Waals surface area contributed by atoms with Gasteiger partial charge in [0.2, 0.25) is 0 Å². The summed E-state index contributed by atoms with van der Waals surface area (Å²) in [6, 6.07) is 66.1. The van der Waals surface area contributed by atoms with Crippen LogP contribution in [0.25, 0.3) is 33.0 Å². The molecule has 8 aromatic rings. The second-order valence-electron chi connectivity index (χ2n) is 21.6. The minimum Gasteiger partial charge on any atom is -0.353 e. The molecular weight excluding hydrogens is 997 g/mol. The van der Waals surface area contributed by atoms with Crippen LogP contribution in [0.2, 0.25) is 0 Å². The molecule has 4 aliphatic rings. The minimum absolute atomic E-state index is 0.130. The number of ether oxygens (including phenoxy) is 8. The van der Waals surface area contributed by atoms with Gasteiger partial charge in [-0.2, -0.15) is 0 Å². The van der Waals surface area contributed by atoms with Gasteiger partial charge >= 0.3 is 0 Å². The number of fused-ring (bicyclic) bond motifs is 1. The van der Waals surface area contributed by atoms with E-state index < -0.39 is 0 Å². The van der Waals surface area contributed by atoms with Crippen molar-refractivity contribution in [1.82, 2.24) is 0 Å². The van der Waals surface area contributed by atoms with E-state index in [9.17, 15) is 0 Å². The highest BCUT2D eigenvalue weighted by atomic mass is 16.7. The van der Waals surface area contributed by atoms with Crippen molar-refractivity contribution in [3.8, 4) is 22.3 Å². The molecule has 4 heterocycles. The zero-order valence-corrected chi connectivity index (χ0v) is 45.9. The minimum atomic E-state index is -0.130. The Kier molecular flexibility index (Phi) is 18.0. The second kappa shape index (κ2) is 26.7. The Morgan fingerprint density at radius 3 is 0.775 bits per heavy atom. The third kappa shape index (κ3) is 13.5. The molecule has 0 aromatic heterocycles. The van der Waals surface area contributed by atoms with Crippen molar-refractivity contribution in [2.24, 2.45) is 0 Å². The molecule has 4 atom stereocenters. The molecule has 0 spiro atoms. The summed E-state index contributed by atoms with van der Waals surface area (Å²) >= 11 is 0. The van der Waals surface area contributed by atoms with E-state index >= 15 is 0 Å². The summed E-state index contributed by atoms with van der Waals surface area (Å²) in [5.41, 5.74) is 15.5. The zero-order chi connectivity index (χ0) is 53.7. The molecule has 0 saturated carbocycles. The third-order valence-electron chi connectivity index (χ3n) is 15.9. The number of anilines is 6. The lowest BCUT2D eigenvalue weighted by molar-refractivity contribution is -0.169. The van der Waals surface area contributed by atoms with Crippen LogP contribution in [0.4, 0.5) is 34.1 Å². The first-order valence-corrected chi connectivity index (χ1v) is 29.3. The van der Waals surface area contributed by atoms with E-state index in [4.69, 9.17) is 37.9 Å². The van der Waals surface area contributed by atoms with Gasteiger partial charge in [0.1, 0.15) is 0 Å². The van der Waals surface area contributed by atoms with Gasteiger partial charge in [-0.25, -0.2) is 0 Å². The van der Waals surface area contributed by atoms with E-state index in [0.717, 1.165) is 171 Å². The van der Waals surface area contributed by atoms with Crippen molar-refractivity contribution >= 4 is 44.9 Å². The molecule has 412 valence electrons. The van der Waals surface area contributed by atoms with Gasteiger partial charge in [-0.15, -0.1) is 0 Å². The fourth-order valence-electron chi connectivity index (χ4n) is 11.4. The van der Waals surface area contributed by atoms with Gasteiger partial charge in [-0.3, -0.25) is 0 Å². The molecule has 8 aromatic carbocycles. The Bertz CT molecular complexity index is 2830. The highest BCUT2D eigenvalue weighted by Gasteiger charge is 2.21. The van der Waals surface area contributed by atoms with Crippen molar-refractivity contribution in [1.29, 1.82) is 0 Å². The Morgan fingerprint density at radius 2 is 0.537 bits per heavy atom. The van der Waals surface area contributed by atoms with Gasteiger partial charge in [0.15, 0.2) is 25.2 Å². The summed E-state index contributed by atoms with van der Waals surface area (Å²) in [5.74, 6) is 0. The average Bonchev–Trinajstić information content (AvgIpc) is 3.56. The maximum absolute atomic E-state index is 6.15. The quantitative estimate of drug-likeness (QED) is 0.0736. The first-order chi connectivity index (χ1) is 39.6. The van der Waals surface area contributed by atoms with Crippen molar-refractivity contribution in [3.63, 3.8) is 0 Å². The van der Waals surface area contributed by atoms with Crippen molar-refractivity contribution in [3.05, 3.63) is 204 Å². The van der Waals surface area contributed by atoms with Crippen LogP contribution < -0.4 is 9.80 Å². The lowest BCUT2D eigenvalue weighted by Gasteiger charge is -2.27. The predicted molar refractivity (Wildman–Crippen MR) is 318 cm³/mol. The Morgan fingerprint density at radius 1 is 0.287 bits per heavy atom. The van der Waals surface area contributed by atoms with Crippen LogP contribution in [0.15, 0.2) is 182 Å². The Labute approximate surface area is 472 Å². The average molecular weight is 1070 g/mol. The molecule has 4 fully saturated rings. The molecule has 4 saturated heterocycles. The Hall–Kier alpha value is -6.70. The lowest BCUT2D eigenvalue weighted by atomic mass is 9.92. The van der Waals surface area contributed by atoms with E-state index in [-0.39, 0.29) is 25.2 Å². The molecule has 10 heteroatoms. The van der Waals surface area contributed by atoms with Crippen LogP contribution in [0, 0.1) is 0 Å². The van der Waals surface area contributed by atoms with Crippen LogP contribution in [0.3, 0.4) is 0 Å². The molecule has 4 aliphatic heterocycles. The molecule has 0 N–H and O–H groups in total. The summed E-state index contributed by atoms with van der Waals surface area (Å²) in [6.45, 7) is 5.13. The van der Waals surface area contributed by atoms with Gasteiger partial charge in [0.25, 0.3) is 0 Å². The normalized spacial score (nSPS) is 19.6. The van der Waals surface area contributed by atoms with Crippen LogP contribution >= 0.6 is 0 Å². The highest BCUT2D eigenvalue weighted by molar-refractivity contribution is 6.05. The molecule has 0 bridgehead atoms. The van der Waals surface area contributed by atoms with Crippen molar-refractivity contribution in [2.45, 2.75) is 129 Å². The number of benzene rings is 8. The van der Waals surface area contributed by atoms with Crippen LogP contribution in [0.5, 0.6) is 0 Å². The van der Waals surface area contributed by atoms with Gasteiger partial charge in [-0.1, -0.05) is 109 Å². The number of hydrogen-bond donors (Lipinski definition) is 0. The SMILES string of the molecule is c1ccc2c(-c3ccc(N(c4ccc(COC5CCCCO5)cc4)c4ccc(COC5CCCCO5)cc4)cc3)ccc(-c3ccc(N(c4ccc(COC5CCCCO5)cc4)c4ccc(COC5CCCCO5)cc4)cc3)c2c1. The summed E-state index contributed by atoms with van der Waals surface area (Å²) in [5, 5.41) is 2.40. The summed E-state index contributed by atoms with van der Waals surface area (Å²) < 4.78 is 48.0. The summed E-state index contributed by atoms with van der Waals surface area (Å²) in [6.07, 6.45) is 12.2. The van der Waals surface area contributed by atoms with E-state index in [0.29, 0.717) is 26.4 Å². The van der Waals surface area contributed by atoms with Gasteiger partial charge < -0.3 is 47.7 Å². The molecular formula is C70H74N2O8. The molecule has 0 amide bonds. The van der Waals surface area contributed by atoms with Gasteiger partial charge in [0.05, 0.1) is 26.4 Å². The van der Waals surface area contributed by atoms with Gasteiger partial charge in [-0.05, 0) is 205 Å². The molecule has 4 unspecified atom stereocenters. The lowest BCUT2D eigenvalue weighted by Crippen LogP contribution is -2.22. The maximum Gasteiger partial charge on any atom is 0.158 e. The zero-order valence-electron chi connectivity index (χ0n) is 45.9.